The van der Waals surface area contributed by atoms with Crippen molar-refractivity contribution in [1.82, 2.24) is 20.6 Å². The summed E-state index contributed by atoms with van der Waals surface area (Å²) in [6, 6.07) is 3.27. The molecule has 0 aliphatic heterocycles. The molecule has 0 spiro atoms. The Balaban J connectivity index is 1.77. The van der Waals surface area contributed by atoms with Gasteiger partial charge in [0.2, 0.25) is 0 Å². The quantitative estimate of drug-likeness (QED) is 0.171. The first-order valence-corrected chi connectivity index (χ1v) is 14.2. The summed E-state index contributed by atoms with van der Waals surface area (Å²) in [5.74, 6) is 0.572. The second-order valence-corrected chi connectivity index (χ2v) is 11.3. The number of alkyl halides is 2. The van der Waals surface area contributed by atoms with Crippen LogP contribution in [0.3, 0.4) is 0 Å². The summed E-state index contributed by atoms with van der Waals surface area (Å²) < 4.78 is 42.2. The molecule has 2 aromatic rings. The molecule has 0 radical (unpaired) electrons. The minimum atomic E-state index is -2.71. The van der Waals surface area contributed by atoms with E-state index in [9.17, 15) is 18.4 Å². The maximum atomic E-state index is 13.0. The van der Waals surface area contributed by atoms with Crippen LogP contribution in [0.2, 0.25) is 0 Å². The van der Waals surface area contributed by atoms with Crippen LogP contribution < -0.4 is 20.1 Å². The van der Waals surface area contributed by atoms with Gasteiger partial charge in [-0.25, -0.2) is 18.6 Å². The lowest BCUT2D eigenvalue weighted by atomic mass is 9.95. The third kappa shape index (κ3) is 10.2. The van der Waals surface area contributed by atoms with Crippen LogP contribution >= 0.6 is 0 Å². The number of aromatic amines is 1. The van der Waals surface area contributed by atoms with Gasteiger partial charge in [-0.05, 0) is 83.1 Å². The standard InChI is InChI=1S/C31H42F2N4O5/c1-7-9-20(19(2)10-8-13-34-30(39)42-31(3,4)5)16-27-35-17-23(37-27)21-14-24(40-6)28(29(38)36-22-11-12-22)25(15-21)41-18-26(32)33/h7,9,14-17,19,22,26H,8,10-13,18H2,1-6H3,(H,34,39)(H,35,37)(H,36,38)/b9-7-,20-16+. The van der Waals surface area contributed by atoms with Crippen molar-refractivity contribution >= 4 is 18.1 Å². The molecule has 1 aromatic heterocycles. The molecule has 1 unspecified atom stereocenters. The number of nitrogens with one attached hydrogen (secondary N) is 3. The van der Waals surface area contributed by atoms with Crippen molar-refractivity contribution in [2.24, 2.45) is 5.92 Å². The van der Waals surface area contributed by atoms with Crippen molar-refractivity contribution in [2.45, 2.75) is 78.4 Å². The van der Waals surface area contributed by atoms with E-state index in [1.165, 1.54) is 7.11 Å². The first-order chi connectivity index (χ1) is 19.9. The molecular formula is C31H42F2N4O5. The van der Waals surface area contributed by atoms with Gasteiger partial charge in [-0.15, -0.1) is 0 Å². The second kappa shape index (κ2) is 14.8. The minimum Gasteiger partial charge on any atom is -0.496 e. The number of carbonyl (C=O) groups is 2. The molecule has 2 amide bonds. The average Bonchev–Trinajstić information content (AvgIpc) is 3.61. The molecule has 1 saturated carbocycles. The third-order valence-electron chi connectivity index (χ3n) is 6.41. The van der Waals surface area contributed by atoms with Gasteiger partial charge in [0.1, 0.15) is 35.1 Å². The van der Waals surface area contributed by atoms with Gasteiger partial charge in [-0.3, -0.25) is 4.79 Å². The molecular weight excluding hydrogens is 546 g/mol. The number of rotatable bonds is 14. The summed E-state index contributed by atoms with van der Waals surface area (Å²) in [4.78, 5) is 32.5. The fraction of sp³-hybridized carbons (Fsp3) is 0.516. The summed E-state index contributed by atoms with van der Waals surface area (Å²) >= 11 is 0. The molecule has 1 aromatic carbocycles. The summed E-state index contributed by atoms with van der Waals surface area (Å²) in [7, 11) is 1.42. The molecule has 0 saturated heterocycles. The van der Waals surface area contributed by atoms with Crippen LogP contribution in [0.1, 0.15) is 76.5 Å². The van der Waals surface area contributed by atoms with Crippen molar-refractivity contribution in [2.75, 3.05) is 20.3 Å². The van der Waals surface area contributed by atoms with Crippen LogP contribution in [0.25, 0.3) is 17.3 Å². The Labute approximate surface area is 246 Å². The van der Waals surface area contributed by atoms with E-state index in [2.05, 4.69) is 27.5 Å². The Kier molecular flexibility index (Phi) is 11.5. The highest BCUT2D eigenvalue weighted by atomic mass is 19.3. The van der Waals surface area contributed by atoms with Crippen LogP contribution in [0.5, 0.6) is 11.5 Å². The molecule has 230 valence electrons. The number of hydrogen-bond acceptors (Lipinski definition) is 6. The van der Waals surface area contributed by atoms with Crippen LogP contribution in [-0.4, -0.2) is 60.3 Å². The predicted octanol–water partition coefficient (Wildman–Crippen LogP) is 6.52. The van der Waals surface area contributed by atoms with Gasteiger partial charge >= 0.3 is 6.09 Å². The molecule has 9 nitrogen and oxygen atoms in total. The number of halogens is 2. The zero-order valence-electron chi connectivity index (χ0n) is 25.2. The molecule has 1 fully saturated rings. The third-order valence-corrected chi connectivity index (χ3v) is 6.41. The second-order valence-electron chi connectivity index (χ2n) is 11.3. The summed E-state index contributed by atoms with van der Waals surface area (Å²) in [5.41, 5.74) is 1.75. The first kappa shape index (κ1) is 32.6. The summed E-state index contributed by atoms with van der Waals surface area (Å²) in [5, 5.41) is 5.65. The molecule has 1 aliphatic carbocycles. The smallest absolute Gasteiger partial charge is 0.407 e. The van der Waals surface area contributed by atoms with E-state index in [0.29, 0.717) is 23.6 Å². The highest BCUT2D eigenvalue weighted by molar-refractivity contribution is 6.01. The zero-order chi connectivity index (χ0) is 30.9. The molecule has 1 aliphatic rings. The van der Waals surface area contributed by atoms with Crippen molar-refractivity contribution < 1.29 is 32.6 Å². The maximum absolute atomic E-state index is 13.0. The number of ether oxygens (including phenoxy) is 3. The van der Waals surface area contributed by atoms with E-state index in [0.717, 1.165) is 31.3 Å². The maximum Gasteiger partial charge on any atom is 0.407 e. The predicted molar refractivity (Wildman–Crippen MR) is 158 cm³/mol. The summed E-state index contributed by atoms with van der Waals surface area (Å²) in [6.45, 7) is 9.15. The number of imidazole rings is 1. The zero-order valence-corrected chi connectivity index (χ0v) is 25.2. The van der Waals surface area contributed by atoms with Crippen molar-refractivity contribution in [3.8, 4) is 22.8 Å². The normalized spacial score (nSPS) is 14.6. The van der Waals surface area contributed by atoms with E-state index >= 15 is 0 Å². The fourth-order valence-electron chi connectivity index (χ4n) is 4.22. The number of hydrogen-bond donors (Lipinski definition) is 3. The molecule has 0 bridgehead atoms. The van der Waals surface area contributed by atoms with E-state index in [1.54, 1.807) is 18.3 Å². The van der Waals surface area contributed by atoms with Crippen LogP contribution in [0.4, 0.5) is 13.6 Å². The Morgan fingerprint density at radius 3 is 2.55 bits per heavy atom. The number of allylic oxidation sites excluding steroid dienone is 3. The largest absolute Gasteiger partial charge is 0.496 e. The van der Waals surface area contributed by atoms with Gasteiger partial charge in [0, 0.05) is 18.2 Å². The SMILES string of the molecule is C/C=C\C(=C/c1ncc(-c2cc(OC)c(C(=O)NC3CC3)c(OCC(F)F)c2)[nH]1)C(C)CCCNC(=O)OC(C)(C)C. The summed E-state index contributed by atoms with van der Waals surface area (Å²) in [6.07, 6.45) is 7.74. The van der Waals surface area contributed by atoms with Crippen LogP contribution in [0, 0.1) is 5.92 Å². The average molecular weight is 589 g/mol. The van der Waals surface area contributed by atoms with E-state index in [4.69, 9.17) is 14.2 Å². The molecule has 3 rings (SSSR count). The lowest BCUT2D eigenvalue weighted by Gasteiger charge is -2.20. The highest BCUT2D eigenvalue weighted by Gasteiger charge is 2.28. The Hall–Kier alpha value is -3.89. The van der Waals surface area contributed by atoms with E-state index in [1.807, 2.05) is 45.9 Å². The number of methoxy groups -OCH3 is 1. The lowest BCUT2D eigenvalue weighted by molar-refractivity contribution is 0.0526. The number of nitrogens with zero attached hydrogens (tertiary/aromatic N) is 1. The Bertz CT molecular complexity index is 1280. The Morgan fingerprint density at radius 2 is 1.93 bits per heavy atom. The number of benzene rings is 1. The number of carbonyl (C=O) groups excluding carboxylic acids is 2. The van der Waals surface area contributed by atoms with E-state index < -0.39 is 30.6 Å². The van der Waals surface area contributed by atoms with Gasteiger partial charge in [0.15, 0.2) is 0 Å². The van der Waals surface area contributed by atoms with Gasteiger partial charge in [0.25, 0.3) is 12.3 Å². The number of amides is 2. The molecule has 3 N–H and O–H groups in total. The number of aromatic nitrogens is 2. The van der Waals surface area contributed by atoms with Gasteiger partial charge in [-0.2, -0.15) is 0 Å². The topological polar surface area (TPSA) is 115 Å². The van der Waals surface area contributed by atoms with E-state index in [-0.39, 0.29) is 29.0 Å². The molecule has 11 heteroatoms. The van der Waals surface area contributed by atoms with Crippen molar-refractivity contribution in [3.05, 3.63) is 47.4 Å². The van der Waals surface area contributed by atoms with Crippen LogP contribution in [0.15, 0.2) is 36.1 Å². The highest BCUT2D eigenvalue weighted by Crippen LogP contribution is 2.36. The van der Waals surface area contributed by atoms with Crippen LogP contribution in [-0.2, 0) is 4.74 Å². The Morgan fingerprint density at radius 1 is 1.21 bits per heavy atom. The van der Waals surface area contributed by atoms with Gasteiger partial charge in [0.05, 0.1) is 19.0 Å². The number of H-pyrrole nitrogens is 1. The monoisotopic (exact) mass is 588 g/mol. The van der Waals surface area contributed by atoms with Gasteiger partial charge in [-0.1, -0.05) is 19.1 Å². The van der Waals surface area contributed by atoms with Gasteiger partial charge < -0.3 is 29.8 Å². The fourth-order valence-corrected chi connectivity index (χ4v) is 4.22. The molecule has 1 atom stereocenters. The molecule has 1 heterocycles. The first-order valence-electron chi connectivity index (χ1n) is 14.2. The number of alkyl carbamates (subject to hydrolysis) is 1. The van der Waals surface area contributed by atoms with Crippen molar-refractivity contribution in [1.29, 1.82) is 0 Å². The minimum absolute atomic E-state index is 0.0118. The lowest BCUT2D eigenvalue weighted by Crippen LogP contribution is -2.33. The van der Waals surface area contributed by atoms with Crippen molar-refractivity contribution in [3.63, 3.8) is 0 Å². The molecule has 42 heavy (non-hydrogen) atoms.